The Morgan fingerprint density at radius 3 is 2.67 bits per heavy atom. The first-order valence-corrected chi connectivity index (χ1v) is 3.80. The van der Waals surface area contributed by atoms with Crippen LogP contribution in [0, 0.1) is 10.8 Å². The summed E-state index contributed by atoms with van der Waals surface area (Å²) >= 11 is 0. The van der Waals surface area contributed by atoms with E-state index in [0.717, 1.165) is 10.8 Å². The predicted molar refractivity (Wildman–Crippen MR) is 35.6 cm³/mol. The second-order valence-electron chi connectivity index (χ2n) is 3.77. The van der Waals surface area contributed by atoms with Crippen molar-refractivity contribution in [3.8, 4) is 0 Å². The molecule has 0 radical (unpaired) electrons. The fourth-order valence-corrected chi connectivity index (χ4v) is 2.39. The van der Waals surface area contributed by atoms with E-state index < -0.39 is 0 Å². The summed E-state index contributed by atoms with van der Waals surface area (Å²) in [5, 5.41) is 3.23. The van der Waals surface area contributed by atoms with Gasteiger partial charge >= 0.3 is 0 Å². The van der Waals surface area contributed by atoms with Gasteiger partial charge in [-0.25, -0.2) is 0 Å². The van der Waals surface area contributed by atoms with Gasteiger partial charge in [-0.05, 0) is 24.7 Å². The number of fused-ring (bicyclic) bond motifs is 1. The average molecular weight is 121 g/mol. The Labute approximate surface area is 55.1 Å². The van der Waals surface area contributed by atoms with E-state index in [1.807, 2.05) is 0 Å². The van der Waals surface area contributed by atoms with Gasteiger partial charge in [0.2, 0.25) is 0 Å². The zero-order valence-electron chi connectivity index (χ0n) is 5.70. The first-order chi connectivity index (χ1) is 4.33. The van der Waals surface area contributed by atoms with Crippen LogP contribution in [-0.2, 0) is 0 Å². The van der Waals surface area contributed by atoms with Crippen LogP contribution in [0.5, 0.6) is 0 Å². The van der Waals surface area contributed by atoms with E-state index in [2.05, 4.69) is 18.4 Å². The van der Waals surface area contributed by atoms with Crippen LogP contribution in [0.1, 0.15) is 26.2 Å². The number of allylic oxidation sites excluding steroid dienone is 1. The lowest BCUT2D eigenvalue weighted by Gasteiger charge is -1.90. The lowest BCUT2D eigenvalue weighted by Crippen LogP contribution is -1.87. The Kier molecular flexibility index (Phi) is 0.410. The largest absolute Gasteiger partial charge is 0.362 e. The van der Waals surface area contributed by atoms with Crippen molar-refractivity contribution < 1.29 is 0 Å². The third kappa shape index (κ3) is 0.284. The summed E-state index contributed by atoms with van der Waals surface area (Å²) in [5.41, 5.74) is 3.09. The van der Waals surface area contributed by atoms with Gasteiger partial charge in [-0.15, -0.1) is 0 Å². The minimum absolute atomic E-state index is 0.724. The molecule has 0 atom stereocenters. The summed E-state index contributed by atoms with van der Waals surface area (Å²) in [6.07, 6.45) is 6.53. The maximum absolute atomic E-state index is 3.23. The summed E-state index contributed by atoms with van der Waals surface area (Å²) in [6.45, 7) is 2.32. The fourth-order valence-electron chi connectivity index (χ4n) is 2.39. The molecule has 0 saturated heterocycles. The summed E-state index contributed by atoms with van der Waals surface area (Å²) in [5.74, 6) is 0. The summed E-state index contributed by atoms with van der Waals surface area (Å²) in [7, 11) is 0. The summed E-state index contributed by atoms with van der Waals surface area (Å²) in [6, 6.07) is 0. The van der Waals surface area contributed by atoms with E-state index >= 15 is 0 Å². The molecule has 0 amide bonds. The van der Waals surface area contributed by atoms with Crippen LogP contribution in [-0.4, -0.2) is 0 Å². The molecule has 3 aliphatic rings. The molecule has 0 aromatic carbocycles. The quantitative estimate of drug-likeness (QED) is 0.589. The van der Waals surface area contributed by atoms with E-state index in [1.54, 1.807) is 5.70 Å². The van der Waals surface area contributed by atoms with Crippen LogP contribution in [0.3, 0.4) is 0 Å². The minimum Gasteiger partial charge on any atom is -0.362 e. The van der Waals surface area contributed by atoms with Crippen LogP contribution in [0.25, 0.3) is 0 Å². The highest BCUT2D eigenvalue weighted by Crippen LogP contribution is 2.90. The Morgan fingerprint density at radius 1 is 1.67 bits per heavy atom. The molecule has 9 heavy (non-hydrogen) atoms. The average Bonchev–Trinajstić information content (AvgIpc) is 2.61. The van der Waals surface area contributed by atoms with Crippen molar-refractivity contribution in [2.45, 2.75) is 26.2 Å². The SMILES string of the molecule is CCC12CC1(C1=CN1)C2. The van der Waals surface area contributed by atoms with Crippen molar-refractivity contribution in [1.29, 1.82) is 0 Å². The van der Waals surface area contributed by atoms with Crippen LogP contribution in [0.4, 0.5) is 0 Å². The highest BCUT2D eigenvalue weighted by molar-refractivity contribution is 5.48. The molecule has 1 heterocycles. The molecular weight excluding hydrogens is 110 g/mol. The number of hydrogen-bond acceptors (Lipinski definition) is 1. The van der Waals surface area contributed by atoms with Crippen LogP contribution >= 0.6 is 0 Å². The normalized spacial score (nSPS) is 57.2. The van der Waals surface area contributed by atoms with Gasteiger partial charge in [-0.3, -0.25) is 0 Å². The molecule has 1 heteroatoms. The zero-order valence-corrected chi connectivity index (χ0v) is 5.70. The van der Waals surface area contributed by atoms with Gasteiger partial charge in [0.25, 0.3) is 0 Å². The second kappa shape index (κ2) is 0.845. The van der Waals surface area contributed by atoms with Gasteiger partial charge in [0.1, 0.15) is 0 Å². The highest BCUT2D eigenvalue weighted by atomic mass is 15.1. The lowest BCUT2D eigenvalue weighted by atomic mass is 10.1. The molecule has 2 fully saturated rings. The first-order valence-electron chi connectivity index (χ1n) is 3.80. The molecule has 0 spiro atoms. The van der Waals surface area contributed by atoms with E-state index in [4.69, 9.17) is 0 Å². The van der Waals surface area contributed by atoms with Crippen LogP contribution in [0.15, 0.2) is 11.9 Å². The van der Waals surface area contributed by atoms with Crippen molar-refractivity contribution in [2.24, 2.45) is 10.8 Å². The molecule has 48 valence electrons. The van der Waals surface area contributed by atoms with Gasteiger partial charge in [0.05, 0.1) is 0 Å². The molecule has 3 rings (SSSR count). The van der Waals surface area contributed by atoms with E-state index in [9.17, 15) is 0 Å². The lowest BCUT2D eigenvalue weighted by molar-refractivity contribution is 0.620. The number of rotatable bonds is 2. The van der Waals surface area contributed by atoms with Crippen molar-refractivity contribution in [2.75, 3.05) is 0 Å². The van der Waals surface area contributed by atoms with Gasteiger partial charge in [0.15, 0.2) is 0 Å². The van der Waals surface area contributed by atoms with E-state index in [-0.39, 0.29) is 0 Å². The smallest absolute Gasteiger partial charge is 0.0378 e. The molecule has 0 unspecified atom stereocenters. The molecule has 0 bridgehead atoms. The molecule has 2 aliphatic carbocycles. The number of nitrogens with one attached hydrogen (secondary N) is 1. The van der Waals surface area contributed by atoms with Crippen molar-refractivity contribution in [1.82, 2.24) is 5.32 Å². The van der Waals surface area contributed by atoms with Crippen molar-refractivity contribution in [3.05, 3.63) is 11.9 Å². The predicted octanol–water partition coefficient (Wildman–Crippen LogP) is 1.62. The monoisotopic (exact) mass is 121 g/mol. The summed E-state index contributed by atoms with van der Waals surface area (Å²) < 4.78 is 0. The maximum Gasteiger partial charge on any atom is 0.0378 e. The zero-order chi connectivity index (χ0) is 6.11. The van der Waals surface area contributed by atoms with E-state index in [0.29, 0.717) is 0 Å². The van der Waals surface area contributed by atoms with Crippen molar-refractivity contribution in [3.63, 3.8) is 0 Å². The third-order valence-electron chi connectivity index (χ3n) is 3.53. The molecule has 1 aliphatic heterocycles. The Hall–Kier alpha value is -0.460. The molecule has 1 nitrogen and oxygen atoms in total. The van der Waals surface area contributed by atoms with Crippen molar-refractivity contribution >= 4 is 0 Å². The molecule has 2 saturated carbocycles. The molecular formula is C8H11N. The Morgan fingerprint density at radius 2 is 2.33 bits per heavy atom. The molecule has 0 aromatic rings. The molecule has 0 aromatic heterocycles. The topological polar surface area (TPSA) is 21.9 Å². The Bertz CT molecular complexity index is 209. The first kappa shape index (κ1) is 4.37. The standard InChI is InChI=1S/C8H11N/c1-2-7-4-8(7,5-7)6-3-9-6/h3,9H,2,4-5H2,1H3. The second-order valence-corrected chi connectivity index (χ2v) is 3.77. The van der Waals surface area contributed by atoms with Gasteiger partial charge < -0.3 is 5.32 Å². The van der Waals surface area contributed by atoms with E-state index in [1.165, 1.54) is 19.3 Å². The molecule has 1 N–H and O–H groups in total. The van der Waals surface area contributed by atoms with Crippen LogP contribution in [0.2, 0.25) is 0 Å². The van der Waals surface area contributed by atoms with Gasteiger partial charge in [0, 0.05) is 17.3 Å². The van der Waals surface area contributed by atoms with Gasteiger partial charge in [-0.2, -0.15) is 0 Å². The Balaban J connectivity index is 1.91. The highest BCUT2D eigenvalue weighted by Gasteiger charge is 2.84. The van der Waals surface area contributed by atoms with Crippen LogP contribution < -0.4 is 5.32 Å². The summed E-state index contributed by atoms with van der Waals surface area (Å²) in [4.78, 5) is 0. The van der Waals surface area contributed by atoms with Gasteiger partial charge in [-0.1, -0.05) is 6.92 Å². The minimum atomic E-state index is 0.724. The maximum atomic E-state index is 3.23. The fraction of sp³-hybridized carbons (Fsp3) is 0.750. The third-order valence-corrected chi connectivity index (χ3v) is 3.53. The number of hydrogen-bond donors (Lipinski definition) is 1.